The Bertz CT molecular complexity index is 517. The van der Waals surface area contributed by atoms with Crippen LogP contribution in [0.25, 0.3) is 0 Å². The number of hydrogen-bond acceptors (Lipinski definition) is 3. The molecule has 1 fully saturated rings. The third kappa shape index (κ3) is 3.61. The van der Waals surface area contributed by atoms with Gasteiger partial charge in [0.2, 0.25) is 5.91 Å². The zero-order chi connectivity index (χ0) is 15.5. The summed E-state index contributed by atoms with van der Waals surface area (Å²) in [6.45, 7) is 0.439. The number of nitrogens with two attached hydrogens (primary N) is 1. The molecular weight excluding hydrogens is 266 g/mol. The average molecular weight is 289 g/mol. The molecule has 114 valence electrons. The van der Waals surface area contributed by atoms with Gasteiger partial charge in [-0.2, -0.15) is 0 Å². The maximum Gasteiger partial charge on any atom is 0.253 e. The molecule has 0 bridgehead atoms. The van der Waals surface area contributed by atoms with Crippen molar-refractivity contribution in [2.75, 3.05) is 14.1 Å². The lowest BCUT2D eigenvalue weighted by molar-refractivity contribution is -0.126. The van der Waals surface area contributed by atoms with Gasteiger partial charge in [-0.3, -0.25) is 9.59 Å². The number of amides is 2. The molecule has 21 heavy (non-hydrogen) atoms. The lowest BCUT2D eigenvalue weighted by Crippen LogP contribution is -2.51. The predicted molar refractivity (Wildman–Crippen MR) is 81.7 cm³/mol. The van der Waals surface area contributed by atoms with Crippen LogP contribution in [0.5, 0.6) is 0 Å². The quantitative estimate of drug-likeness (QED) is 0.876. The lowest BCUT2D eigenvalue weighted by atomic mass is 9.98. The van der Waals surface area contributed by atoms with E-state index < -0.39 is 5.54 Å². The highest BCUT2D eigenvalue weighted by Crippen LogP contribution is 2.27. The van der Waals surface area contributed by atoms with Gasteiger partial charge < -0.3 is 16.0 Å². The number of hydrogen-bond donors (Lipinski definition) is 2. The molecule has 1 aliphatic carbocycles. The second-order valence-electron chi connectivity index (χ2n) is 5.94. The van der Waals surface area contributed by atoms with Crippen LogP contribution in [0, 0.1) is 0 Å². The minimum Gasteiger partial charge on any atom is -0.350 e. The van der Waals surface area contributed by atoms with Gasteiger partial charge in [0.25, 0.3) is 5.91 Å². The number of nitrogens with zero attached hydrogens (tertiary/aromatic N) is 1. The fraction of sp³-hybridized carbons (Fsp3) is 0.500. The van der Waals surface area contributed by atoms with Crippen molar-refractivity contribution >= 4 is 11.8 Å². The normalized spacial score (nSPS) is 16.5. The van der Waals surface area contributed by atoms with E-state index in [-0.39, 0.29) is 11.8 Å². The van der Waals surface area contributed by atoms with Crippen molar-refractivity contribution in [3.8, 4) is 0 Å². The van der Waals surface area contributed by atoms with E-state index >= 15 is 0 Å². The minimum absolute atomic E-state index is 0.0301. The van der Waals surface area contributed by atoms with E-state index in [2.05, 4.69) is 5.32 Å². The van der Waals surface area contributed by atoms with Crippen LogP contribution in [0.1, 0.15) is 41.6 Å². The van der Waals surface area contributed by atoms with Crippen molar-refractivity contribution in [1.82, 2.24) is 10.2 Å². The highest BCUT2D eigenvalue weighted by molar-refractivity contribution is 5.93. The van der Waals surface area contributed by atoms with Gasteiger partial charge in [-0.05, 0) is 30.5 Å². The van der Waals surface area contributed by atoms with Gasteiger partial charge in [0, 0.05) is 26.2 Å². The largest absolute Gasteiger partial charge is 0.350 e. The highest BCUT2D eigenvalue weighted by Gasteiger charge is 2.36. The van der Waals surface area contributed by atoms with Crippen molar-refractivity contribution in [3.63, 3.8) is 0 Å². The molecule has 0 aromatic heterocycles. The molecule has 0 saturated heterocycles. The van der Waals surface area contributed by atoms with Crippen molar-refractivity contribution in [2.45, 2.75) is 37.8 Å². The maximum absolute atomic E-state index is 12.1. The number of benzene rings is 1. The number of carbonyl (C=O) groups is 2. The van der Waals surface area contributed by atoms with Gasteiger partial charge in [-0.1, -0.05) is 25.0 Å². The standard InChI is InChI=1S/C16H23N3O2/c1-19(2)14(20)13-7-5-12(6-8-13)11-18-15(21)16(17)9-3-4-10-16/h5-8H,3-4,9-11,17H2,1-2H3,(H,18,21). The van der Waals surface area contributed by atoms with E-state index in [4.69, 9.17) is 5.73 Å². The van der Waals surface area contributed by atoms with Gasteiger partial charge >= 0.3 is 0 Å². The van der Waals surface area contributed by atoms with Gasteiger partial charge in [-0.15, -0.1) is 0 Å². The Morgan fingerprint density at radius 2 is 1.76 bits per heavy atom. The highest BCUT2D eigenvalue weighted by atomic mass is 16.2. The first kappa shape index (κ1) is 15.5. The maximum atomic E-state index is 12.1. The topological polar surface area (TPSA) is 75.4 Å². The van der Waals surface area contributed by atoms with Crippen LogP contribution >= 0.6 is 0 Å². The molecule has 1 aromatic carbocycles. The molecule has 0 radical (unpaired) electrons. The molecule has 5 heteroatoms. The SMILES string of the molecule is CN(C)C(=O)c1ccc(CNC(=O)C2(N)CCCC2)cc1. The first-order chi connectivity index (χ1) is 9.92. The first-order valence-corrected chi connectivity index (χ1v) is 7.30. The molecule has 3 N–H and O–H groups in total. The molecule has 2 rings (SSSR count). The van der Waals surface area contributed by atoms with Crippen LogP contribution in [0.15, 0.2) is 24.3 Å². The smallest absolute Gasteiger partial charge is 0.253 e. The predicted octanol–water partition coefficient (Wildman–Crippen LogP) is 1.28. The summed E-state index contributed by atoms with van der Waals surface area (Å²) < 4.78 is 0. The van der Waals surface area contributed by atoms with Crippen LogP contribution in [-0.4, -0.2) is 36.3 Å². The van der Waals surface area contributed by atoms with E-state index in [1.54, 1.807) is 26.2 Å². The van der Waals surface area contributed by atoms with E-state index in [9.17, 15) is 9.59 Å². The van der Waals surface area contributed by atoms with Crippen LogP contribution in [-0.2, 0) is 11.3 Å². The van der Waals surface area contributed by atoms with Crippen LogP contribution in [0.2, 0.25) is 0 Å². The number of carbonyl (C=O) groups excluding carboxylic acids is 2. The third-order valence-corrected chi connectivity index (χ3v) is 4.01. The molecule has 1 aromatic rings. The molecule has 0 aliphatic heterocycles. The summed E-state index contributed by atoms with van der Waals surface area (Å²) in [4.78, 5) is 25.4. The fourth-order valence-electron chi connectivity index (χ4n) is 2.61. The summed E-state index contributed by atoms with van der Waals surface area (Å²) >= 11 is 0. The van der Waals surface area contributed by atoms with Crippen LogP contribution in [0.3, 0.4) is 0 Å². The Balaban J connectivity index is 1.92. The number of nitrogens with one attached hydrogen (secondary N) is 1. The molecule has 0 heterocycles. The van der Waals surface area contributed by atoms with Gasteiger partial charge in [-0.25, -0.2) is 0 Å². The van der Waals surface area contributed by atoms with Crippen molar-refractivity contribution in [3.05, 3.63) is 35.4 Å². The molecule has 5 nitrogen and oxygen atoms in total. The summed E-state index contributed by atoms with van der Waals surface area (Å²) in [7, 11) is 3.44. The molecule has 0 spiro atoms. The first-order valence-electron chi connectivity index (χ1n) is 7.30. The zero-order valence-electron chi connectivity index (χ0n) is 12.7. The van der Waals surface area contributed by atoms with Gasteiger partial charge in [0.05, 0.1) is 5.54 Å². The second-order valence-corrected chi connectivity index (χ2v) is 5.94. The van der Waals surface area contributed by atoms with Crippen molar-refractivity contribution in [2.24, 2.45) is 5.73 Å². The summed E-state index contributed by atoms with van der Waals surface area (Å²) in [6.07, 6.45) is 3.56. The van der Waals surface area contributed by atoms with Gasteiger partial charge in [0.15, 0.2) is 0 Å². The summed E-state index contributed by atoms with van der Waals surface area (Å²) in [5.74, 6) is -0.106. The van der Waals surface area contributed by atoms with Crippen molar-refractivity contribution < 1.29 is 9.59 Å². The Hall–Kier alpha value is -1.88. The van der Waals surface area contributed by atoms with Gasteiger partial charge in [0.1, 0.15) is 0 Å². The number of rotatable bonds is 4. The van der Waals surface area contributed by atoms with E-state index in [1.165, 1.54) is 4.90 Å². The summed E-state index contributed by atoms with van der Waals surface area (Å²) in [6, 6.07) is 7.26. The average Bonchev–Trinajstić information content (AvgIpc) is 2.92. The Kier molecular flexibility index (Phi) is 4.63. The minimum atomic E-state index is -0.694. The third-order valence-electron chi connectivity index (χ3n) is 4.01. The fourth-order valence-corrected chi connectivity index (χ4v) is 2.61. The Labute approximate surface area is 125 Å². The Morgan fingerprint density at radius 3 is 2.29 bits per heavy atom. The van der Waals surface area contributed by atoms with E-state index in [0.717, 1.165) is 31.2 Å². The Morgan fingerprint density at radius 1 is 1.19 bits per heavy atom. The summed E-state index contributed by atoms with van der Waals surface area (Å²) in [5.41, 5.74) is 7.01. The van der Waals surface area contributed by atoms with Crippen LogP contribution < -0.4 is 11.1 Å². The zero-order valence-corrected chi connectivity index (χ0v) is 12.7. The summed E-state index contributed by atoms with van der Waals surface area (Å²) in [5, 5.41) is 2.89. The van der Waals surface area contributed by atoms with E-state index in [0.29, 0.717) is 12.1 Å². The molecule has 2 amide bonds. The lowest BCUT2D eigenvalue weighted by Gasteiger charge is -2.22. The van der Waals surface area contributed by atoms with E-state index in [1.807, 2.05) is 12.1 Å². The monoisotopic (exact) mass is 289 g/mol. The molecule has 1 saturated carbocycles. The molecular formula is C16H23N3O2. The second kappa shape index (κ2) is 6.26. The molecule has 0 unspecified atom stereocenters. The van der Waals surface area contributed by atoms with Crippen molar-refractivity contribution in [1.29, 1.82) is 0 Å². The molecule has 1 aliphatic rings. The van der Waals surface area contributed by atoms with Crippen LogP contribution in [0.4, 0.5) is 0 Å². The molecule has 0 atom stereocenters.